The molecule has 0 aliphatic heterocycles. The Morgan fingerprint density at radius 2 is 1.96 bits per heavy atom. The summed E-state index contributed by atoms with van der Waals surface area (Å²) in [6.07, 6.45) is 1.51. The molecule has 0 aliphatic carbocycles. The summed E-state index contributed by atoms with van der Waals surface area (Å²) in [5.41, 5.74) is 2.62. The van der Waals surface area contributed by atoms with Gasteiger partial charge in [0, 0.05) is 23.0 Å². The van der Waals surface area contributed by atoms with E-state index in [0.717, 1.165) is 16.8 Å². The number of nitriles is 1. The van der Waals surface area contributed by atoms with Crippen LogP contribution in [0, 0.1) is 11.3 Å². The minimum atomic E-state index is 0.213. The lowest BCUT2D eigenvalue weighted by Crippen LogP contribution is -1.93. The first-order chi connectivity index (χ1) is 13.3. The number of allylic oxidation sites excluding steroid dienone is 1. The van der Waals surface area contributed by atoms with Crippen molar-refractivity contribution >= 4 is 11.3 Å². The van der Waals surface area contributed by atoms with Gasteiger partial charge in [-0.2, -0.15) is 15.5 Å². The van der Waals surface area contributed by atoms with Gasteiger partial charge >= 0.3 is 0 Å². The molecule has 2 N–H and O–H groups in total. The molecule has 0 radical (unpaired) electrons. The van der Waals surface area contributed by atoms with Gasteiger partial charge in [0.25, 0.3) is 5.89 Å². The van der Waals surface area contributed by atoms with E-state index in [2.05, 4.69) is 36.1 Å². The van der Waals surface area contributed by atoms with Crippen molar-refractivity contribution in [3.63, 3.8) is 0 Å². The Morgan fingerprint density at radius 1 is 1.11 bits per heavy atom. The smallest absolute Gasteiger partial charge is 0.258 e. The van der Waals surface area contributed by atoms with Gasteiger partial charge in [0.2, 0.25) is 11.6 Å². The minimum Gasteiger partial charge on any atom is -0.360 e. The molecule has 2 aromatic carbocycles. The fraction of sp³-hybridized carbons (Fsp3) is 0. The standard InChI is InChI=1S/C18H12N8O/c19-10-14(17-22-25-26-23-17)11-20-15-8-4-7-13(9-15)18-21-16(24-27-18)12-5-2-1-3-6-12/h1-9,11,20H,(H,22,23,25,26). The molecule has 0 spiro atoms. The predicted octanol–water partition coefficient (Wildman–Crippen LogP) is 2.89. The first-order valence-electron chi connectivity index (χ1n) is 7.93. The molecule has 27 heavy (non-hydrogen) atoms. The Balaban J connectivity index is 1.57. The van der Waals surface area contributed by atoms with Crippen LogP contribution in [0.1, 0.15) is 5.82 Å². The molecular formula is C18H12N8O. The maximum absolute atomic E-state index is 9.21. The molecule has 9 heteroatoms. The third-order valence-corrected chi connectivity index (χ3v) is 3.66. The van der Waals surface area contributed by atoms with Crippen LogP contribution < -0.4 is 5.32 Å². The fourth-order valence-corrected chi connectivity index (χ4v) is 2.37. The minimum absolute atomic E-state index is 0.213. The van der Waals surface area contributed by atoms with Crippen LogP contribution in [0.2, 0.25) is 0 Å². The molecule has 4 rings (SSSR count). The molecule has 0 saturated heterocycles. The van der Waals surface area contributed by atoms with E-state index in [1.807, 2.05) is 60.7 Å². The average Bonchev–Trinajstić information content (AvgIpc) is 3.42. The van der Waals surface area contributed by atoms with Gasteiger partial charge in [-0.05, 0) is 23.4 Å². The topological polar surface area (TPSA) is 129 Å². The van der Waals surface area contributed by atoms with Gasteiger partial charge in [0.15, 0.2) is 0 Å². The second kappa shape index (κ2) is 7.28. The van der Waals surface area contributed by atoms with Gasteiger partial charge in [-0.25, -0.2) is 0 Å². The van der Waals surface area contributed by atoms with E-state index < -0.39 is 0 Å². The van der Waals surface area contributed by atoms with E-state index in [1.54, 1.807) is 0 Å². The van der Waals surface area contributed by atoms with Crippen LogP contribution >= 0.6 is 0 Å². The Hall–Kier alpha value is -4.32. The summed E-state index contributed by atoms with van der Waals surface area (Å²) >= 11 is 0. The normalized spacial score (nSPS) is 11.1. The van der Waals surface area contributed by atoms with Crippen LogP contribution in [0.3, 0.4) is 0 Å². The SMILES string of the molecule is N#CC(=CNc1cccc(-c2nc(-c3ccccc3)no2)c1)c1nn[nH]n1. The number of nitrogens with one attached hydrogen (secondary N) is 2. The van der Waals surface area contributed by atoms with E-state index in [0.29, 0.717) is 11.7 Å². The van der Waals surface area contributed by atoms with E-state index in [9.17, 15) is 5.26 Å². The largest absolute Gasteiger partial charge is 0.360 e. The van der Waals surface area contributed by atoms with Gasteiger partial charge in [-0.15, -0.1) is 10.2 Å². The molecule has 4 aromatic rings. The maximum Gasteiger partial charge on any atom is 0.258 e. The Bertz CT molecular complexity index is 1110. The zero-order valence-corrected chi connectivity index (χ0v) is 13.9. The average molecular weight is 356 g/mol. The predicted molar refractivity (Wildman–Crippen MR) is 96.6 cm³/mol. The second-order valence-electron chi connectivity index (χ2n) is 5.42. The molecule has 0 aliphatic rings. The summed E-state index contributed by atoms with van der Waals surface area (Å²) in [6.45, 7) is 0. The lowest BCUT2D eigenvalue weighted by Gasteiger charge is -2.02. The second-order valence-corrected chi connectivity index (χ2v) is 5.42. The summed E-state index contributed by atoms with van der Waals surface area (Å²) in [4.78, 5) is 4.44. The fourth-order valence-electron chi connectivity index (χ4n) is 2.37. The van der Waals surface area contributed by atoms with Crippen LogP contribution in [0.15, 0.2) is 65.3 Å². The molecule has 0 fully saturated rings. The molecule has 2 heterocycles. The highest BCUT2D eigenvalue weighted by Gasteiger charge is 2.11. The van der Waals surface area contributed by atoms with Gasteiger partial charge < -0.3 is 9.84 Å². The number of H-pyrrole nitrogens is 1. The van der Waals surface area contributed by atoms with Crippen LogP contribution in [0.25, 0.3) is 28.4 Å². The molecule has 0 saturated carbocycles. The van der Waals surface area contributed by atoms with Crippen molar-refractivity contribution in [1.82, 2.24) is 30.8 Å². The van der Waals surface area contributed by atoms with Crippen molar-refractivity contribution in [2.45, 2.75) is 0 Å². The lowest BCUT2D eigenvalue weighted by molar-refractivity contribution is 0.432. The molecular weight excluding hydrogens is 344 g/mol. The molecule has 0 amide bonds. The third kappa shape index (κ3) is 3.54. The monoisotopic (exact) mass is 356 g/mol. The van der Waals surface area contributed by atoms with E-state index >= 15 is 0 Å². The number of hydrogen-bond donors (Lipinski definition) is 2. The van der Waals surface area contributed by atoms with Gasteiger partial charge in [-0.1, -0.05) is 41.6 Å². The number of anilines is 1. The van der Waals surface area contributed by atoms with Gasteiger partial charge in [0.1, 0.15) is 11.6 Å². The molecule has 2 aromatic heterocycles. The number of hydrogen-bond acceptors (Lipinski definition) is 8. The number of nitrogens with zero attached hydrogens (tertiary/aromatic N) is 6. The molecule has 0 unspecified atom stereocenters. The summed E-state index contributed by atoms with van der Waals surface area (Å²) in [7, 11) is 0. The van der Waals surface area contributed by atoms with Gasteiger partial charge in [-0.3, -0.25) is 0 Å². The molecule has 9 nitrogen and oxygen atoms in total. The third-order valence-electron chi connectivity index (χ3n) is 3.66. The van der Waals surface area contributed by atoms with Crippen LogP contribution in [-0.2, 0) is 0 Å². The van der Waals surface area contributed by atoms with E-state index in [4.69, 9.17) is 4.52 Å². The van der Waals surface area contributed by atoms with Crippen molar-refractivity contribution in [1.29, 1.82) is 5.26 Å². The first kappa shape index (κ1) is 16.2. The van der Waals surface area contributed by atoms with Crippen LogP contribution in [0.4, 0.5) is 5.69 Å². The number of aromatic nitrogens is 6. The number of aromatic amines is 1. The number of benzene rings is 2. The van der Waals surface area contributed by atoms with Crippen molar-refractivity contribution in [2.24, 2.45) is 0 Å². The van der Waals surface area contributed by atoms with E-state index in [-0.39, 0.29) is 11.4 Å². The van der Waals surface area contributed by atoms with E-state index in [1.165, 1.54) is 6.20 Å². The number of tetrazole rings is 1. The van der Waals surface area contributed by atoms with Crippen molar-refractivity contribution < 1.29 is 4.52 Å². The lowest BCUT2D eigenvalue weighted by atomic mass is 10.2. The van der Waals surface area contributed by atoms with Gasteiger partial charge in [0.05, 0.1) is 0 Å². The molecule has 130 valence electrons. The zero-order valence-electron chi connectivity index (χ0n) is 13.9. The molecule has 0 atom stereocenters. The Labute approximate surface area is 153 Å². The highest BCUT2D eigenvalue weighted by atomic mass is 16.5. The zero-order chi connectivity index (χ0) is 18.5. The Kier molecular flexibility index (Phi) is 4.36. The van der Waals surface area contributed by atoms with Crippen molar-refractivity contribution in [2.75, 3.05) is 5.32 Å². The number of rotatable bonds is 5. The summed E-state index contributed by atoms with van der Waals surface area (Å²) < 4.78 is 5.38. The Morgan fingerprint density at radius 3 is 2.74 bits per heavy atom. The summed E-state index contributed by atoms with van der Waals surface area (Å²) in [5, 5.41) is 29.6. The quantitative estimate of drug-likeness (QED) is 0.522. The highest BCUT2D eigenvalue weighted by Crippen LogP contribution is 2.24. The first-order valence-corrected chi connectivity index (χ1v) is 7.93. The maximum atomic E-state index is 9.21. The van der Waals surface area contributed by atoms with Crippen LogP contribution in [-0.4, -0.2) is 30.8 Å². The van der Waals surface area contributed by atoms with Crippen molar-refractivity contribution in [3.05, 3.63) is 66.6 Å². The highest BCUT2D eigenvalue weighted by molar-refractivity contribution is 5.74. The van der Waals surface area contributed by atoms with Crippen molar-refractivity contribution in [3.8, 4) is 28.9 Å². The van der Waals surface area contributed by atoms with Crippen LogP contribution in [0.5, 0.6) is 0 Å². The summed E-state index contributed by atoms with van der Waals surface area (Å²) in [5.74, 6) is 1.14. The summed E-state index contributed by atoms with van der Waals surface area (Å²) in [6, 6.07) is 19.0. The molecule has 0 bridgehead atoms.